The minimum Gasteiger partial charge on any atom is -0.508 e. The van der Waals surface area contributed by atoms with Crippen molar-refractivity contribution in [3.63, 3.8) is 0 Å². The first-order chi connectivity index (χ1) is 19.3. The van der Waals surface area contributed by atoms with Crippen LogP contribution in [0.2, 0.25) is 0 Å². The fourth-order valence-corrected chi connectivity index (χ4v) is 6.33. The molecule has 1 aromatic rings. The zero-order valence-corrected chi connectivity index (χ0v) is 26.0. The van der Waals surface area contributed by atoms with Crippen LogP contribution in [0.3, 0.4) is 0 Å². The second-order valence-electron chi connectivity index (χ2n) is 12.7. The molecule has 3 aliphatic rings. The number of anilines is 2. The Labute approximate surface area is 255 Å². The number of rotatable bonds is 6. The fourth-order valence-electron chi connectivity index (χ4n) is 6.33. The first-order valence-corrected chi connectivity index (χ1v) is 13.6. The van der Waals surface area contributed by atoms with Crippen molar-refractivity contribution in [1.82, 2.24) is 10.2 Å². The monoisotopic (exact) mass is 621 g/mol. The lowest BCUT2D eigenvalue weighted by Gasteiger charge is -2.50. The Morgan fingerprint density at radius 3 is 2.23 bits per heavy atom. The van der Waals surface area contributed by atoms with Crippen LogP contribution in [0.1, 0.15) is 38.3 Å². The van der Waals surface area contributed by atoms with Gasteiger partial charge in [0.05, 0.1) is 23.8 Å². The van der Waals surface area contributed by atoms with E-state index in [0.29, 0.717) is 11.3 Å². The van der Waals surface area contributed by atoms with Crippen molar-refractivity contribution in [2.45, 2.75) is 50.8 Å². The van der Waals surface area contributed by atoms with Crippen molar-refractivity contribution in [2.24, 2.45) is 17.6 Å². The summed E-state index contributed by atoms with van der Waals surface area (Å²) in [6, 6.07) is 0.409. The molecular weight excluding hydrogens is 582 g/mol. The van der Waals surface area contributed by atoms with E-state index in [1.807, 2.05) is 20.8 Å². The maximum absolute atomic E-state index is 14.0. The van der Waals surface area contributed by atoms with Gasteiger partial charge in [0, 0.05) is 36.8 Å². The Kier molecular flexibility index (Phi) is 9.01. The Balaban J connectivity index is 0.00000506. The second-order valence-corrected chi connectivity index (χ2v) is 12.7. The second kappa shape index (κ2) is 11.5. The molecule has 1 saturated carbocycles. The predicted molar refractivity (Wildman–Crippen MR) is 162 cm³/mol. The molecule has 1 fully saturated rings. The molecule has 13 nitrogen and oxygen atoms in total. The molecule has 4 atom stereocenters. The standard InChI is InChI=1S/C29H39N5O8.ClH/c1-28(2,3)31-11-17(35)32-15-10-16(33(4)5)13-8-12-9-14-21(34(6)7)24(38)20(27(30)41)26(40)29(14,42)25(39)18(12)23(37)19(13)22(15)36;/h10,12,14,21,31,36-37,40,42H,8-9,11H2,1-7H3,(H2,30,41)(H,32,35);1H/t12-,14-,21-,29-;/m0./s1. The van der Waals surface area contributed by atoms with E-state index < -0.39 is 69.7 Å². The van der Waals surface area contributed by atoms with E-state index in [1.165, 1.54) is 4.90 Å². The number of fused-ring (bicyclic) bond motifs is 3. The molecule has 0 saturated heterocycles. The summed E-state index contributed by atoms with van der Waals surface area (Å²) in [6.45, 7) is 5.62. The van der Waals surface area contributed by atoms with Crippen molar-refractivity contribution in [1.29, 1.82) is 0 Å². The summed E-state index contributed by atoms with van der Waals surface area (Å²) < 4.78 is 0. The molecule has 14 heteroatoms. The highest BCUT2D eigenvalue weighted by atomic mass is 35.5. The molecule has 0 bridgehead atoms. The molecule has 43 heavy (non-hydrogen) atoms. The Hall–Kier alpha value is -3.65. The van der Waals surface area contributed by atoms with Crippen LogP contribution in [-0.2, 0) is 25.6 Å². The number of phenols is 1. The topological polar surface area (TPSA) is 206 Å². The first kappa shape index (κ1) is 33.8. The molecular formula is C29H40ClN5O8. The van der Waals surface area contributed by atoms with Gasteiger partial charge in [0.1, 0.15) is 22.8 Å². The normalized spacial score (nSPS) is 25.1. The van der Waals surface area contributed by atoms with Gasteiger partial charge in [-0.3, -0.25) is 24.1 Å². The van der Waals surface area contributed by atoms with Gasteiger partial charge in [0.2, 0.25) is 11.7 Å². The lowest BCUT2D eigenvalue weighted by molar-refractivity contribution is -0.153. The number of likely N-dealkylation sites (N-methyl/N-ethyl adjacent to an activating group) is 1. The molecule has 0 unspecified atom stereocenters. The molecule has 236 valence electrons. The Morgan fingerprint density at radius 2 is 1.72 bits per heavy atom. The number of primary amides is 1. The van der Waals surface area contributed by atoms with Gasteiger partial charge in [0.15, 0.2) is 11.4 Å². The van der Waals surface area contributed by atoms with Gasteiger partial charge in [-0.1, -0.05) is 0 Å². The van der Waals surface area contributed by atoms with E-state index in [1.54, 1.807) is 39.2 Å². The number of nitrogens with two attached hydrogens (primary N) is 1. The maximum atomic E-state index is 14.0. The number of carbonyl (C=O) groups is 4. The summed E-state index contributed by atoms with van der Waals surface area (Å²) in [4.78, 5) is 55.3. The zero-order valence-electron chi connectivity index (χ0n) is 25.2. The average Bonchev–Trinajstić information content (AvgIpc) is 2.85. The SMILES string of the molecule is CN(C)c1cc(NC(=O)CNC(C)(C)C)c(O)c2c1C[C@H]1C[C@H]3[C@H](N(C)C)C(=O)C(C(N)=O)=C(O)[C@@]3(O)C(=O)C1=C2O.Cl. The Bertz CT molecular complexity index is 1460. The van der Waals surface area contributed by atoms with E-state index in [0.717, 1.165) is 0 Å². The summed E-state index contributed by atoms with van der Waals surface area (Å²) in [6.07, 6.45) is 0.117. The number of hydrogen-bond acceptors (Lipinski definition) is 11. The maximum Gasteiger partial charge on any atom is 0.255 e. The number of carbonyl (C=O) groups excluding carboxylic acids is 4. The van der Waals surface area contributed by atoms with Gasteiger partial charge in [-0.05, 0) is 65.3 Å². The van der Waals surface area contributed by atoms with E-state index in [4.69, 9.17) is 5.73 Å². The number of halogens is 1. The minimum atomic E-state index is -2.73. The van der Waals surface area contributed by atoms with E-state index in [2.05, 4.69) is 10.6 Å². The number of amides is 2. The Morgan fingerprint density at radius 1 is 1.12 bits per heavy atom. The minimum absolute atomic E-state index is 0. The number of nitrogens with one attached hydrogen (secondary N) is 2. The predicted octanol–water partition coefficient (Wildman–Crippen LogP) is 0.778. The lowest BCUT2D eigenvalue weighted by Crippen LogP contribution is -2.65. The third kappa shape index (κ3) is 5.46. The van der Waals surface area contributed by atoms with Crippen LogP contribution >= 0.6 is 12.4 Å². The van der Waals surface area contributed by atoms with Crippen LogP contribution in [0.15, 0.2) is 23.0 Å². The first-order valence-electron chi connectivity index (χ1n) is 13.6. The number of ketones is 2. The van der Waals surface area contributed by atoms with Crippen LogP contribution < -0.4 is 21.3 Å². The number of hydrogen-bond donors (Lipinski definition) is 7. The van der Waals surface area contributed by atoms with Gasteiger partial charge >= 0.3 is 0 Å². The number of phenolic OH excluding ortho intramolecular Hbond substituents is 1. The van der Waals surface area contributed by atoms with Crippen molar-refractivity contribution < 1.29 is 39.6 Å². The third-order valence-corrected chi connectivity index (χ3v) is 8.23. The third-order valence-electron chi connectivity index (χ3n) is 8.23. The van der Waals surface area contributed by atoms with Crippen LogP contribution in [0.5, 0.6) is 5.75 Å². The number of benzene rings is 1. The van der Waals surface area contributed by atoms with Crippen LogP contribution in [-0.4, -0.2) is 101 Å². The van der Waals surface area contributed by atoms with Gasteiger partial charge in [-0.2, -0.15) is 0 Å². The van der Waals surface area contributed by atoms with Crippen LogP contribution in [0, 0.1) is 11.8 Å². The van der Waals surface area contributed by atoms with Crippen LogP contribution in [0.25, 0.3) is 5.76 Å². The average molecular weight is 622 g/mol. The summed E-state index contributed by atoms with van der Waals surface area (Å²) in [5.41, 5.74) is 2.11. The van der Waals surface area contributed by atoms with Crippen molar-refractivity contribution >= 4 is 52.9 Å². The van der Waals surface area contributed by atoms with Crippen molar-refractivity contribution in [2.75, 3.05) is 45.0 Å². The summed E-state index contributed by atoms with van der Waals surface area (Å²) in [5, 5.41) is 51.3. The van der Waals surface area contributed by atoms with E-state index >= 15 is 0 Å². The van der Waals surface area contributed by atoms with Crippen molar-refractivity contribution in [3.05, 3.63) is 34.1 Å². The number of Topliss-reactive ketones (excluding diaryl/α,β-unsaturated/α-hetero) is 2. The molecule has 0 spiro atoms. The summed E-state index contributed by atoms with van der Waals surface area (Å²) >= 11 is 0. The highest BCUT2D eigenvalue weighted by Gasteiger charge is 2.64. The molecule has 1 aromatic carbocycles. The smallest absolute Gasteiger partial charge is 0.255 e. The molecule has 4 rings (SSSR count). The van der Waals surface area contributed by atoms with E-state index in [-0.39, 0.29) is 54.2 Å². The largest absolute Gasteiger partial charge is 0.508 e. The molecule has 2 amide bonds. The molecule has 0 radical (unpaired) electrons. The summed E-state index contributed by atoms with van der Waals surface area (Å²) in [5.74, 6) is -7.79. The highest BCUT2D eigenvalue weighted by molar-refractivity contribution is 6.24. The number of aliphatic hydroxyl groups excluding tert-OH is 2. The quantitative estimate of drug-likeness (QED) is 0.174. The fraction of sp³-hybridized carbons (Fsp3) is 0.517. The van der Waals surface area contributed by atoms with Gasteiger partial charge < -0.3 is 41.7 Å². The van der Waals surface area contributed by atoms with Gasteiger partial charge in [0.25, 0.3) is 5.91 Å². The van der Waals surface area contributed by atoms with Gasteiger partial charge in [-0.15, -0.1) is 12.4 Å². The van der Waals surface area contributed by atoms with Crippen LogP contribution in [0.4, 0.5) is 11.4 Å². The molecule has 8 N–H and O–H groups in total. The lowest BCUT2D eigenvalue weighted by atomic mass is 9.57. The summed E-state index contributed by atoms with van der Waals surface area (Å²) in [7, 11) is 6.58. The molecule has 0 aromatic heterocycles. The number of aliphatic hydroxyl groups is 3. The number of aromatic hydroxyl groups is 1. The van der Waals surface area contributed by atoms with Gasteiger partial charge in [-0.25, -0.2) is 0 Å². The molecule has 0 heterocycles. The molecule has 0 aliphatic heterocycles. The van der Waals surface area contributed by atoms with Crippen molar-refractivity contribution in [3.8, 4) is 5.75 Å². The van der Waals surface area contributed by atoms with E-state index in [9.17, 15) is 39.6 Å². The highest BCUT2D eigenvalue weighted by Crippen LogP contribution is 2.54. The molecule has 3 aliphatic carbocycles. The zero-order chi connectivity index (χ0) is 31.6. The number of nitrogens with zero attached hydrogens (tertiary/aromatic N) is 2.